The van der Waals surface area contributed by atoms with E-state index in [1.165, 1.54) is 12.1 Å². The fraction of sp³-hybridized carbons (Fsp3) is 0.400. The maximum atomic E-state index is 12.9. The Labute approximate surface area is 89.5 Å². The third kappa shape index (κ3) is 2.55. The van der Waals surface area contributed by atoms with Crippen LogP contribution in [0.15, 0.2) is 18.2 Å². The van der Waals surface area contributed by atoms with Crippen LogP contribution in [0.2, 0.25) is 13.1 Å². The molecule has 1 atom stereocenters. The van der Waals surface area contributed by atoms with Gasteiger partial charge >= 0.3 is 0 Å². The SMILES string of the molecule is C[SiH](C)C(CCl)c1ccc(F)c(F)c1. The molecule has 0 saturated carbocycles. The zero-order valence-electron chi connectivity index (χ0n) is 8.23. The average molecular weight is 235 g/mol. The molecular weight excluding hydrogens is 222 g/mol. The fourth-order valence-corrected chi connectivity index (χ4v) is 3.98. The van der Waals surface area contributed by atoms with Crippen LogP contribution < -0.4 is 0 Å². The van der Waals surface area contributed by atoms with Gasteiger partial charge in [0.05, 0.1) is 0 Å². The summed E-state index contributed by atoms with van der Waals surface area (Å²) >= 11 is 5.81. The summed E-state index contributed by atoms with van der Waals surface area (Å²) in [6.07, 6.45) is 0. The normalized spacial score (nSPS) is 13.3. The van der Waals surface area contributed by atoms with Crippen molar-refractivity contribution in [1.82, 2.24) is 0 Å². The first-order valence-electron chi connectivity index (χ1n) is 4.57. The van der Waals surface area contributed by atoms with E-state index in [0.29, 0.717) is 5.88 Å². The topological polar surface area (TPSA) is 0 Å². The van der Waals surface area contributed by atoms with Crippen LogP contribution in [-0.2, 0) is 0 Å². The van der Waals surface area contributed by atoms with Crippen LogP contribution in [0.4, 0.5) is 8.78 Å². The molecule has 0 nitrogen and oxygen atoms in total. The quantitative estimate of drug-likeness (QED) is 0.556. The van der Waals surface area contributed by atoms with Gasteiger partial charge in [0.15, 0.2) is 11.6 Å². The van der Waals surface area contributed by atoms with Gasteiger partial charge in [-0.25, -0.2) is 8.78 Å². The minimum Gasteiger partial charge on any atom is -0.204 e. The summed E-state index contributed by atoms with van der Waals surface area (Å²) in [5, 5.41) is 0. The molecule has 0 bridgehead atoms. The van der Waals surface area contributed by atoms with Crippen LogP contribution in [0.1, 0.15) is 11.1 Å². The molecule has 0 spiro atoms. The van der Waals surface area contributed by atoms with Crippen molar-refractivity contribution in [3.05, 3.63) is 35.4 Å². The lowest BCUT2D eigenvalue weighted by molar-refractivity contribution is 0.507. The molecule has 78 valence electrons. The highest BCUT2D eigenvalue weighted by atomic mass is 35.5. The van der Waals surface area contributed by atoms with Gasteiger partial charge in [-0.05, 0) is 23.2 Å². The Balaban J connectivity index is 3.00. The highest BCUT2D eigenvalue weighted by Crippen LogP contribution is 2.22. The van der Waals surface area contributed by atoms with E-state index in [1.54, 1.807) is 6.07 Å². The van der Waals surface area contributed by atoms with Gasteiger partial charge in [0, 0.05) is 14.7 Å². The molecule has 0 N–H and O–H groups in total. The number of alkyl halides is 1. The highest BCUT2D eigenvalue weighted by molar-refractivity contribution is 6.58. The minimum absolute atomic E-state index is 0.215. The summed E-state index contributed by atoms with van der Waals surface area (Å²) in [5.41, 5.74) is 1.03. The van der Waals surface area contributed by atoms with Crippen molar-refractivity contribution < 1.29 is 8.78 Å². The Hall–Kier alpha value is -0.413. The fourth-order valence-electron chi connectivity index (χ4n) is 1.40. The Morgan fingerprint density at radius 3 is 2.36 bits per heavy atom. The molecule has 4 heteroatoms. The summed E-state index contributed by atoms with van der Waals surface area (Å²) in [6.45, 7) is 4.29. The first-order valence-corrected chi connectivity index (χ1v) is 8.08. The molecule has 0 saturated heterocycles. The highest BCUT2D eigenvalue weighted by Gasteiger charge is 2.17. The van der Waals surface area contributed by atoms with Gasteiger partial charge in [-0.3, -0.25) is 0 Å². The van der Waals surface area contributed by atoms with E-state index in [-0.39, 0.29) is 5.54 Å². The molecule has 0 aliphatic rings. The number of benzene rings is 1. The van der Waals surface area contributed by atoms with E-state index in [9.17, 15) is 8.78 Å². The molecule has 1 unspecified atom stereocenters. The van der Waals surface area contributed by atoms with Gasteiger partial charge in [0.1, 0.15) is 0 Å². The predicted octanol–water partition coefficient (Wildman–Crippen LogP) is 3.31. The molecule has 0 radical (unpaired) electrons. The smallest absolute Gasteiger partial charge is 0.159 e. The van der Waals surface area contributed by atoms with E-state index < -0.39 is 20.4 Å². The van der Waals surface area contributed by atoms with E-state index in [2.05, 4.69) is 13.1 Å². The van der Waals surface area contributed by atoms with Crippen LogP contribution >= 0.6 is 11.6 Å². The Bertz CT molecular complexity index is 315. The van der Waals surface area contributed by atoms with Gasteiger partial charge in [-0.1, -0.05) is 19.2 Å². The third-order valence-corrected chi connectivity index (χ3v) is 5.20. The molecule has 0 aliphatic carbocycles. The summed E-state index contributed by atoms with van der Waals surface area (Å²) in [5.74, 6) is -1.10. The maximum Gasteiger partial charge on any atom is 0.159 e. The van der Waals surface area contributed by atoms with Crippen molar-refractivity contribution in [1.29, 1.82) is 0 Å². The molecule has 1 aromatic rings. The van der Waals surface area contributed by atoms with E-state index in [0.717, 1.165) is 5.56 Å². The van der Waals surface area contributed by atoms with Gasteiger partial charge in [0.25, 0.3) is 0 Å². The molecule has 14 heavy (non-hydrogen) atoms. The molecule has 0 aliphatic heterocycles. The predicted molar refractivity (Wildman–Crippen MR) is 58.7 cm³/mol. The third-order valence-electron chi connectivity index (χ3n) is 2.34. The molecule has 0 heterocycles. The summed E-state index contributed by atoms with van der Waals surface area (Å²) in [6, 6.07) is 4.05. The lowest BCUT2D eigenvalue weighted by Crippen LogP contribution is -2.17. The van der Waals surface area contributed by atoms with E-state index in [4.69, 9.17) is 11.6 Å². The summed E-state index contributed by atoms with van der Waals surface area (Å²) < 4.78 is 25.6. The van der Waals surface area contributed by atoms with Crippen molar-refractivity contribution in [2.45, 2.75) is 18.6 Å². The largest absolute Gasteiger partial charge is 0.204 e. The molecule has 1 aromatic carbocycles. The lowest BCUT2D eigenvalue weighted by atomic mass is 10.1. The van der Waals surface area contributed by atoms with Crippen molar-refractivity contribution in [3.8, 4) is 0 Å². The van der Waals surface area contributed by atoms with Crippen molar-refractivity contribution in [2.75, 3.05) is 5.88 Å². The second-order valence-corrected chi connectivity index (χ2v) is 7.28. The standard InChI is InChI=1S/C10H13ClF2Si/c1-14(2)10(6-11)7-3-4-8(12)9(13)5-7/h3-5,10,14H,6H2,1-2H3. The van der Waals surface area contributed by atoms with Crippen molar-refractivity contribution >= 4 is 20.4 Å². The van der Waals surface area contributed by atoms with Crippen LogP contribution in [0.25, 0.3) is 0 Å². The Morgan fingerprint density at radius 2 is 1.93 bits per heavy atom. The van der Waals surface area contributed by atoms with Gasteiger partial charge < -0.3 is 0 Å². The van der Waals surface area contributed by atoms with Crippen molar-refractivity contribution in [3.63, 3.8) is 0 Å². The number of hydrogen-bond donors (Lipinski definition) is 0. The number of hydrogen-bond acceptors (Lipinski definition) is 0. The number of halogens is 3. The second kappa shape index (κ2) is 4.89. The van der Waals surface area contributed by atoms with Crippen LogP contribution in [-0.4, -0.2) is 14.7 Å². The monoisotopic (exact) mass is 234 g/mol. The first-order chi connectivity index (χ1) is 6.56. The number of rotatable bonds is 3. The lowest BCUT2D eigenvalue weighted by Gasteiger charge is -2.17. The minimum atomic E-state index is -0.969. The molecular formula is C10H13ClF2Si. The van der Waals surface area contributed by atoms with Gasteiger partial charge in [-0.15, -0.1) is 11.6 Å². The average Bonchev–Trinajstić information content (AvgIpc) is 2.11. The molecule has 0 aromatic heterocycles. The molecule has 1 rings (SSSR count). The maximum absolute atomic E-state index is 12.9. The zero-order valence-corrected chi connectivity index (χ0v) is 10.1. The zero-order chi connectivity index (χ0) is 10.7. The van der Waals surface area contributed by atoms with Crippen LogP contribution in [0, 0.1) is 11.6 Å². The van der Waals surface area contributed by atoms with E-state index >= 15 is 0 Å². The summed E-state index contributed by atoms with van der Waals surface area (Å²) in [4.78, 5) is 0. The molecule has 0 amide bonds. The van der Waals surface area contributed by atoms with Crippen LogP contribution in [0.5, 0.6) is 0 Å². The van der Waals surface area contributed by atoms with E-state index in [1.807, 2.05) is 0 Å². The Morgan fingerprint density at radius 1 is 1.29 bits per heavy atom. The van der Waals surface area contributed by atoms with Crippen molar-refractivity contribution in [2.24, 2.45) is 0 Å². The second-order valence-electron chi connectivity index (χ2n) is 3.68. The summed E-state index contributed by atoms with van der Waals surface area (Å²) in [7, 11) is -0.969. The van der Waals surface area contributed by atoms with Gasteiger partial charge in [-0.2, -0.15) is 0 Å². The van der Waals surface area contributed by atoms with Gasteiger partial charge in [0.2, 0.25) is 0 Å². The first kappa shape index (κ1) is 11.7. The molecule has 0 fully saturated rings. The Kier molecular flexibility index (Phi) is 4.07. The van der Waals surface area contributed by atoms with Crippen LogP contribution in [0.3, 0.4) is 0 Å².